The molecule has 0 aliphatic carbocycles. The third-order valence-corrected chi connectivity index (χ3v) is 7.59. The van der Waals surface area contributed by atoms with Gasteiger partial charge in [-0.3, -0.25) is 14.6 Å². The molecule has 1 saturated heterocycles. The molecular weight excluding hydrogens is 464 g/mol. The smallest absolute Gasteiger partial charge is 0.217 e. The number of nitrogens with zero attached hydrogens (tertiary/aromatic N) is 5. The molecule has 7 nitrogen and oxygen atoms in total. The van der Waals surface area contributed by atoms with Gasteiger partial charge in [0.05, 0.1) is 6.67 Å². The number of thiophene rings is 1. The van der Waals surface area contributed by atoms with Crippen molar-refractivity contribution in [1.82, 2.24) is 24.1 Å². The highest BCUT2D eigenvalue weighted by Crippen LogP contribution is 2.28. The second-order valence-electron chi connectivity index (χ2n) is 9.34. The first-order chi connectivity index (χ1) is 16.4. The lowest BCUT2D eigenvalue weighted by atomic mass is 10.2. The second-order valence-corrected chi connectivity index (χ2v) is 10.9. The summed E-state index contributed by atoms with van der Waals surface area (Å²) >= 11 is 7.63. The number of rotatable bonds is 10. The topological polar surface area (TPSA) is 72.3 Å². The maximum absolute atomic E-state index is 11.3. The number of benzene rings is 1. The van der Waals surface area contributed by atoms with E-state index in [9.17, 15) is 4.79 Å². The van der Waals surface area contributed by atoms with Crippen molar-refractivity contribution in [2.45, 2.75) is 46.4 Å². The number of aryl methyl sites for hydroxylation is 1. The largest absolute Gasteiger partial charge is 0.370 e. The van der Waals surface area contributed by atoms with E-state index >= 15 is 0 Å². The minimum atomic E-state index is -0.311. The van der Waals surface area contributed by atoms with Crippen LogP contribution < -0.4 is 5.73 Å². The van der Waals surface area contributed by atoms with Crippen LogP contribution in [0.25, 0.3) is 10.4 Å². The minimum absolute atomic E-state index is 0.289. The molecule has 0 unspecified atom stereocenters. The van der Waals surface area contributed by atoms with Gasteiger partial charge in [-0.25, -0.2) is 4.68 Å². The lowest BCUT2D eigenvalue weighted by Crippen LogP contribution is -2.46. The number of nitrogens with two attached hydrogens (primary N) is 1. The molecule has 182 valence electrons. The van der Waals surface area contributed by atoms with Gasteiger partial charge < -0.3 is 10.3 Å². The molecule has 4 rings (SSSR count). The summed E-state index contributed by atoms with van der Waals surface area (Å²) < 4.78 is 4.71. The first kappa shape index (κ1) is 24.8. The molecule has 1 fully saturated rings. The van der Waals surface area contributed by atoms with E-state index in [1.807, 2.05) is 16.0 Å². The van der Waals surface area contributed by atoms with E-state index in [-0.39, 0.29) is 12.3 Å². The molecule has 2 aromatic heterocycles. The highest BCUT2D eigenvalue weighted by atomic mass is 32.1. The average molecular weight is 499 g/mol. The Hall–Kier alpha value is -2.33. The molecule has 1 amide bonds. The summed E-state index contributed by atoms with van der Waals surface area (Å²) in [5.41, 5.74) is 6.65. The maximum atomic E-state index is 11.3. The molecule has 3 aromatic rings. The fourth-order valence-corrected chi connectivity index (χ4v) is 5.60. The lowest BCUT2D eigenvalue weighted by Gasteiger charge is -2.34. The molecule has 3 heterocycles. The van der Waals surface area contributed by atoms with Crippen LogP contribution in [0.15, 0.2) is 42.5 Å². The van der Waals surface area contributed by atoms with Crippen LogP contribution in [0.5, 0.6) is 0 Å². The van der Waals surface area contributed by atoms with E-state index in [1.54, 1.807) is 0 Å². The summed E-state index contributed by atoms with van der Waals surface area (Å²) in [4.78, 5) is 18.9. The number of hydrogen-bond donors (Lipinski definition) is 1. The van der Waals surface area contributed by atoms with Crippen LogP contribution in [0.1, 0.15) is 31.0 Å². The Kier molecular flexibility index (Phi) is 8.31. The summed E-state index contributed by atoms with van der Waals surface area (Å²) in [6, 6.07) is 15.1. The number of piperazine rings is 1. The second kappa shape index (κ2) is 11.4. The number of aromatic nitrogens is 3. The van der Waals surface area contributed by atoms with Gasteiger partial charge in [-0.1, -0.05) is 44.2 Å². The maximum Gasteiger partial charge on any atom is 0.217 e. The average Bonchev–Trinajstić information content (AvgIpc) is 3.39. The Balaban J connectivity index is 1.33. The molecule has 0 bridgehead atoms. The van der Waals surface area contributed by atoms with Crippen LogP contribution in [0.3, 0.4) is 0 Å². The predicted molar refractivity (Wildman–Crippen MR) is 140 cm³/mol. The molecule has 34 heavy (non-hydrogen) atoms. The van der Waals surface area contributed by atoms with Gasteiger partial charge in [-0.2, -0.15) is 5.10 Å². The van der Waals surface area contributed by atoms with Crippen molar-refractivity contribution in [3.8, 4) is 10.4 Å². The van der Waals surface area contributed by atoms with Crippen LogP contribution in [-0.4, -0.2) is 56.2 Å². The Morgan fingerprint density at radius 1 is 1.09 bits per heavy atom. The first-order valence-corrected chi connectivity index (χ1v) is 13.1. The molecular formula is C25H34N6OS2. The van der Waals surface area contributed by atoms with Crippen molar-refractivity contribution >= 4 is 29.5 Å². The summed E-state index contributed by atoms with van der Waals surface area (Å²) in [6.45, 7) is 10.8. The van der Waals surface area contributed by atoms with Crippen LogP contribution in [0.2, 0.25) is 0 Å². The molecule has 1 aromatic carbocycles. The summed E-state index contributed by atoms with van der Waals surface area (Å²) in [6.07, 6.45) is 0.815. The molecule has 0 spiro atoms. The fraction of sp³-hybridized carbons (Fsp3) is 0.480. The van der Waals surface area contributed by atoms with Crippen molar-refractivity contribution in [1.29, 1.82) is 0 Å². The van der Waals surface area contributed by atoms with Crippen LogP contribution in [0, 0.1) is 10.7 Å². The summed E-state index contributed by atoms with van der Waals surface area (Å²) in [5.74, 6) is 0.984. The number of carbonyl (C=O) groups excluding carboxylic acids is 1. The van der Waals surface area contributed by atoms with E-state index < -0.39 is 0 Å². The van der Waals surface area contributed by atoms with Gasteiger partial charge in [-0.15, -0.1) is 11.3 Å². The van der Waals surface area contributed by atoms with Crippen molar-refractivity contribution < 1.29 is 4.79 Å². The monoisotopic (exact) mass is 498 g/mol. The lowest BCUT2D eigenvalue weighted by molar-refractivity contribution is -0.118. The van der Waals surface area contributed by atoms with Gasteiger partial charge in [0.25, 0.3) is 0 Å². The van der Waals surface area contributed by atoms with Crippen LogP contribution >= 0.6 is 23.6 Å². The quantitative estimate of drug-likeness (QED) is 0.428. The van der Waals surface area contributed by atoms with Crippen molar-refractivity contribution in [3.63, 3.8) is 0 Å². The van der Waals surface area contributed by atoms with E-state index in [0.29, 0.717) is 19.0 Å². The first-order valence-electron chi connectivity index (χ1n) is 11.9. The normalized spacial score (nSPS) is 15.3. The Morgan fingerprint density at radius 2 is 1.79 bits per heavy atom. The van der Waals surface area contributed by atoms with Gasteiger partial charge in [0.2, 0.25) is 5.91 Å². The van der Waals surface area contributed by atoms with Crippen molar-refractivity contribution in [2.75, 3.05) is 26.2 Å². The molecule has 0 saturated carbocycles. The number of carbonyl (C=O) groups is 1. The van der Waals surface area contributed by atoms with Crippen molar-refractivity contribution in [2.24, 2.45) is 11.7 Å². The van der Waals surface area contributed by atoms with Gasteiger partial charge in [0.15, 0.2) is 4.77 Å². The van der Waals surface area contributed by atoms with Crippen LogP contribution in [0.4, 0.5) is 0 Å². The van der Waals surface area contributed by atoms with E-state index in [0.717, 1.165) is 49.9 Å². The molecule has 1 aliphatic heterocycles. The van der Waals surface area contributed by atoms with Gasteiger partial charge in [0, 0.05) is 61.9 Å². The van der Waals surface area contributed by atoms with Gasteiger partial charge >= 0.3 is 0 Å². The Morgan fingerprint density at radius 3 is 2.47 bits per heavy atom. The van der Waals surface area contributed by atoms with Crippen LogP contribution in [-0.2, 0) is 31.0 Å². The molecule has 0 atom stereocenters. The van der Waals surface area contributed by atoms with E-state index in [4.69, 9.17) is 23.1 Å². The Bertz CT molecular complexity index is 1140. The molecule has 0 radical (unpaired) electrons. The highest BCUT2D eigenvalue weighted by molar-refractivity contribution is 7.71. The third kappa shape index (κ3) is 6.41. The van der Waals surface area contributed by atoms with E-state index in [2.05, 4.69) is 70.7 Å². The molecule has 1 aliphatic rings. The zero-order valence-corrected chi connectivity index (χ0v) is 21.7. The highest BCUT2D eigenvalue weighted by Gasteiger charge is 2.20. The third-order valence-electron chi connectivity index (χ3n) is 6.04. The molecule has 2 N–H and O–H groups in total. The van der Waals surface area contributed by atoms with Gasteiger partial charge in [0.1, 0.15) is 5.82 Å². The molecule has 9 heteroatoms. The van der Waals surface area contributed by atoms with Gasteiger partial charge in [-0.05, 0) is 35.8 Å². The van der Waals surface area contributed by atoms with Crippen molar-refractivity contribution in [3.05, 3.63) is 57.9 Å². The minimum Gasteiger partial charge on any atom is -0.370 e. The predicted octanol–water partition coefficient (Wildman–Crippen LogP) is 3.99. The fourth-order valence-electron chi connectivity index (χ4n) is 4.27. The summed E-state index contributed by atoms with van der Waals surface area (Å²) in [7, 11) is 0. The Labute approximate surface area is 210 Å². The van der Waals surface area contributed by atoms with E-state index in [1.165, 1.54) is 15.3 Å². The number of amides is 1. The zero-order valence-electron chi connectivity index (χ0n) is 20.0. The number of hydrogen-bond acceptors (Lipinski definition) is 6. The standard InChI is InChI=1S/C25H34N6OS2/c1-19(2)16-30-24(11-10-23(26)32)27-31(25(30)33)18-29-14-12-28(13-15-29)17-21-8-9-22(34-21)20-6-4-3-5-7-20/h3-9,19H,10-18H2,1-2H3,(H2,26,32). The SMILES string of the molecule is CC(C)Cn1c(CCC(N)=O)nn(CN2CCN(Cc3ccc(-c4ccccc4)s3)CC2)c1=S. The number of primary amides is 1. The zero-order chi connectivity index (χ0) is 24.1. The summed E-state index contributed by atoms with van der Waals surface area (Å²) in [5, 5.41) is 4.76.